The van der Waals surface area contributed by atoms with E-state index < -0.39 is 4.92 Å². The van der Waals surface area contributed by atoms with Crippen molar-refractivity contribution in [2.75, 3.05) is 7.11 Å². The van der Waals surface area contributed by atoms with E-state index in [2.05, 4.69) is 0 Å². The van der Waals surface area contributed by atoms with Gasteiger partial charge < -0.3 is 9.30 Å². The Morgan fingerprint density at radius 3 is 2.37 bits per heavy atom. The summed E-state index contributed by atoms with van der Waals surface area (Å²) in [4.78, 5) is 11.3. The van der Waals surface area contributed by atoms with E-state index in [1.54, 1.807) is 19.2 Å². The molecule has 0 aliphatic carbocycles. The smallest absolute Gasteiger partial charge is 0.295 e. The fourth-order valence-corrected chi connectivity index (χ4v) is 3.76. The van der Waals surface area contributed by atoms with Crippen molar-refractivity contribution in [2.45, 2.75) is 6.54 Å². The molecule has 0 unspecified atom stereocenters. The summed E-state index contributed by atoms with van der Waals surface area (Å²) in [6.07, 6.45) is 0. The summed E-state index contributed by atoms with van der Waals surface area (Å²) in [6, 6.07) is 16.2. The van der Waals surface area contributed by atoms with Gasteiger partial charge in [-0.2, -0.15) is 0 Å². The zero-order chi connectivity index (χ0) is 19.1. The molecule has 0 saturated heterocycles. The third kappa shape index (κ3) is 3.09. The van der Waals surface area contributed by atoms with Crippen LogP contribution >= 0.6 is 23.2 Å². The second-order valence-electron chi connectivity index (χ2n) is 6.17. The maximum atomic E-state index is 11.7. The molecule has 1 aromatic heterocycles. The minimum absolute atomic E-state index is 0.0293. The summed E-state index contributed by atoms with van der Waals surface area (Å²) < 4.78 is 7.12. The molecule has 7 heteroatoms. The number of fused-ring (bicyclic) bond motifs is 3. The standard InChI is InChI=1S/C20H14Cl2N2O3/c1-27-15-5-2-12(3-6-15)11-23-18-7-4-13(21)8-16(18)17-9-14(22)10-19(20(17)23)24(25)26/h2-10H,11H2,1H3. The second kappa shape index (κ2) is 6.76. The summed E-state index contributed by atoms with van der Waals surface area (Å²) in [5.41, 5.74) is 2.35. The summed E-state index contributed by atoms with van der Waals surface area (Å²) in [5.74, 6) is 0.755. The van der Waals surface area contributed by atoms with Crippen molar-refractivity contribution in [3.05, 3.63) is 80.3 Å². The number of methoxy groups -OCH3 is 1. The van der Waals surface area contributed by atoms with E-state index in [4.69, 9.17) is 27.9 Å². The van der Waals surface area contributed by atoms with Gasteiger partial charge in [-0.15, -0.1) is 0 Å². The average Bonchev–Trinajstić information content (AvgIpc) is 2.94. The minimum Gasteiger partial charge on any atom is -0.497 e. The van der Waals surface area contributed by atoms with Crippen LogP contribution in [0.25, 0.3) is 21.8 Å². The van der Waals surface area contributed by atoms with Gasteiger partial charge in [0.05, 0.1) is 12.0 Å². The fraction of sp³-hybridized carbons (Fsp3) is 0.100. The molecule has 0 saturated carbocycles. The van der Waals surface area contributed by atoms with E-state index in [1.807, 2.05) is 41.0 Å². The van der Waals surface area contributed by atoms with Crippen LogP contribution in [0, 0.1) is 10.1 Å². The molecule has 3 aromatic carbocycles. The van der Waals surface area contributed by atoms with Gasteiger partial charge in [0.15, 0.2) is 0 Å². The van der Waals surface area contributed by atoms with Gasteiger partial charge in [-0.05, 0) is 42.0 Å². The lowest BCUT2D eigenvalue weighted by atomic mass is 10.1. The van der Waals surface area contributed by atoms with Crippen molar-refractivity contribution < 1.29 is 9.66 Å². The lowest BCUT2D eigenvalue weighted by Gasteiger charge is -2.09. The van der Waals surface area contributed by atoms with E-state index in [0.29, 0.717) is 27.5 Å². The largest absolute Gasteiger partial charge is 0.497 e. The van der Waals surface area contributed by atoms with E-state index in [0.717, 1.165) is 22.2 Å². The summed E-state index contributed by atoms with van der Waals surface area (Å²) in [5, 5.41) is 14.1. The van der Waals surface area contributed by atoms with Crippen molar-refractivity contribution in [1.82, 2.24) is 4.57 Å². The third-order valence-corrected chi connectivity index (χ3v) is 5.01. The van der Waals surface area contributed by atoms with Crippen LogP contribution in [0.2, 0.25) is 10.0 Å². The highest BCUT2D eigenvalue weighted by atomic mass is 35.5. The molecule has 4 aromatic rings. The van der Waals surface area contributed by atoms with Crippen LogP contribution in [-0.4, -0.2) is 16.6 Å². The molecule has 136 valence electrons. The third-order valence-electron chi connectivity index (χ3n) is 4.56. The van der Waals surface area contributed by atoms with Gasteiger partial charge in [0.2, 0.25) is 0 Å². The van der Waals surface area contributed by atoms with Crippen molar-refractivity contribution >= 4 is 50.7 Å². The summed E-state index contributed by atoms with van der Waals surface area (Å²) in [6.45, 7) is 0.466. The van der Waals surface area contributed by atoms with Crippen molar-refractivity contribution in [3.8, 4) is 5.75 Å². The number of ether oxygens (including phenoxy) is 1. The fourth-order valence-electron chi connectivity index (χ4n) is 3.37. The number of hydrogen-bond donors (Lipinski definition) is 0. The lowest BCUT2D eigenvalue weighted by molar-refractivity contribution is -0.383. The van der Waals surface area contributed by atoms with Crippen LogP contribution in [0.4, 0.5) is 5.69 Å². The van der Waals surface area contributed by atoms with Crippen LogP contribution in [0.3, 0.4) is 0 Å². The Hall–Kier alpha value is -2.76. The number of non-ortho nitro benzene ring substituents is 1. The van der Waals surface area contributed by atoms with Crippen molar-refractivity contribution in [3.63, 3.8) is 0 Å². The highest BCUT2D eigenvalue weighted by Gasteiger charge is 2.22. The number of benzene rings is 3. The zero-order valence-corrected chi connectivity index (χ0v) is 15.8. The molecule has 0 fully saturated rings. The highest BCUT2D eigenvalue weighted by molar-refractivity contribution is 6.33. The first-order valence-electron chi connectivity index (χ1n) is 8.16. The molecule has 4 rings (SSSR count). The Bertz CT molecular complexity index is 1180. The van der Waals surface area contributed by atoms with Gasteiger partial charge in [-0.1, -0.05) is 35.3 Å². The Morgan fingerprint density at radius 1 is 1.00 bits per heavy atom. The molecule has 0 aliphatic rings. The van der Waals surface area contributed by atoms with E-state index in [1.165, 1.54) is 6.07 Å². The normalized spacial score (nSPS) is 11.2. The minimum atomic E-state index is -0.404. The monoisotopic (exact) mass is 400 g/mol. The van der Waals surface area contributed by atoms with Crippen molar-refractivity contribution in [2.24, 2.45) is 0 Å². The highest BCUT2D eigenvalue weighted by Crippen LogP contribution is 2.38. The summed E-state index contributed by atoms with van der Waals surface area (Å²) >= 11 is 12.3. The zero-order valence-electron chi connectivity index (χ0n) is 14.3. The molecule has 0 bridgehead atoms. The van der Waals surface area contributed by atoms with Gasteiger partial charge >= 0.3 is 0 Å². The SMILES string of the molecule is COc1ccc(Cn2c3ccc(Cl)cc3c3cc(Cl)cc([N+](=O)[O-])c32)cc1. The van der Waals surface area contributed by atoms with Crippen molar-refractivity contribution in [1.29, 1.82) is 0 Å². The number of halogens is 2. The number of aromatic nitrogens is 1. The Labute approximate surface area is 164 Å². The first-order valence-corrected chi connectivity index (χ1v) is 8.92. The van der Waals surface area contributed by atoms with E-state index in [-0.39, 0.29) is 5.69 Å². The maximum absolute atomic E-state index is 11.7. The molecule has 0 amide bonds. The number of rotatable bonds is 4. The Balaban J connectivity index is 2.02. The summed E-state index contributed by atoms with van der Waals surface area (Å²) in [7, 11) is 1.61. The van der Waals surface area contributed by atoms with Crippen LogP contribution in [0.1, 0.15) is 5.56 Å². The lowest BCUT2D eigenvalue weighted by Crippen LogP contribution is -2.02. The quantitative estimate of drug-likeness (QED) is 0.308. The number of nitrogens with zero attached hydrogens (tertiary/aromatic N) is 2. The van der Waals surface area contributed by atoms with Gasteiger partial charge in [-0.25, -0.2) is 0 Å². The van der Waals surface area contributed by atoms with Gasteiger partial charge in [0.25, 0.3) is 5.69 Å². The first kappa shape index (κ1) is 17.6. The number of hydrogen-bond acceptors (Lipinski definition) is 3. The molecule has 0 spiro atoms. The molecule has 0 aliphatic heterocycles. The molecule has 0 radical (unpaired) electrons. The van der Waals surface area contributed by atoms with Crippen LogP contribution < -0.4 is 4.74 Å². The predicted octanol–water partition coefficient (Wildman–Crippen LogP) is 6.07. The van der Waals surface area contributed by atoms with E-state index in [9.17, 15) is 10.1 Å². The molecule has 0 N–H and O–H groups in total. The Kier molecular flexibility index (Phi) is 4.42. The average molecular weight is 401 g/mol. The van der Waals surface area contributed by atoms with Crippen LogP contribution in [0.15, 0.2) is 54.6 Å². The molecule has 0 atom stereocenters. The maximum Gasteiger partial charge on any atom is 0.295 e. The van der Waals surface area contributed by atoms with Gasteiger partial charge in [0.1, 0.15) is 11.3 Å². The van der Waals surface area contributed by atoms with E-state index >= 15 is 0 Å². The Morgan fingerprint density at radius 2 is 1.70 bits per heavy atom. The predicted molar refractivity (Wildman–Crippen MR) is 108 cm³/mol. The molecule has 27 heavy (non-hydrogen) atoms. The van der Waals surface area contributed by atoms with Gasteiger partial charge in [0, 0.05) is 38.9 Å². The number of nitro benzene ring substituents is 1. The van der Waals surface area contributed by atoms with Gasteiger partial charge in [-0.3, -0.25) is 10.1 Å². The molecular formula is C20H14Cl2N2O3. The topological polar surface area (TPSA) is 57.3 Å². The second-order valence-corrected chi connectivity index (χ2v) is 7.05. The molecule has 1 heterocycles. The molecule has 5 nitrogen and oxygen atoms in total. The molecular weight excluding hydrogens is 387 g/mol. The van der Waals surface area contributed by atoms with Crippen LogP contribution in [-0.2, 0) is 6.54 Å². The first-order chi connectivity index (χ1) is 13.0. The van der Waals surface area contributed by atoms with Crippen LogP contribution in [0.5, 0.6) is 5.75 Å². The number of nitro groups is 1.